The fourth-order valence-electron chi connectivity index (χ4n) is 2.39. The summed E-state index contributed by atoms with van der Waals surface area (Å²) >= 11 is 0. The number of anilines is 1. The minimum absolute atomic E-state index is 0.0386. The second kappa shape index (κ2) is 2.39. The van der Waals surface area contributed by atoms with Gasteiger partial charge in [-0.1, -0.05) is 18.2 Å². The number of benzene rings is 1. The highest BCUT2D eigenvalue weighted by atomic mass is 16.2. The lowest BCUT2D eigenvalue weighted by Gasteiger charge is -2.37. The van der Waals surface area contributed by atoms with Crippen molar-refractivity contribution >= 4 is 17.5 Å². The van der Waals surface area contributed by atoms with Gasteiger partial charge in [0.2, 0.25) is 5.91 Å². The van der Waals surface area contributed by atoms with E-state index in [-0.39, 0.29) is 18.2 Å². The third-order valence-corrected chi connectivity index (χ3v) is 3.17. The number of likely N-dealkylation sites (N-methyl/N-ethyl adjacent to an activating group) is 1. The highest BCUT2D eigenvalue weighted by Gasteiger charge is 2.57. The third-order valence-electron chi connectivity index (χ3n) is 3.17. The Hall–Kier alpha value is -1.84. The van der Waals surface area contributed by atoms with Crippen molar-refractivity contribution in [2.45, 2.75) is 12.0 Å². The van der Waals surface area contributed by atoms with E-state index in [0.29, 0.717) is 0 Å². The second-order valence-corrected chi connectivity index (χ2v) is 4.01. The molecule has 4 nitrogen and oxygen atoms in total. The third kappa shape index (κ3) is 0.819. The van der Waals surface area contributed by atoms with E-state index in [2.05, 4.69) is 5.32 Å². The Labute approximate surface area is 86.9 Å². The Morgan fingerprint density at radius 2 is 2.00 bits per heavy atom. The number of β-lactam (4-membered cyclic amide) rings is 1. The summed E-state index contributed by atoms with van der Waals surface area (Å²) < 4.78 is 0. The smallest absolute Gasteiger partial charge is 0.257 e. The summed E-state index contributed by atoms with van der Waals surface area (Å²) in [5, 5.41) is 2.72. The summed E-state index contributed by atoms with van der Waals surface area (Å²) in [5.41, 5.74) is 1.04. The average Bonchev–Trinajstić information content (AvgIpc) is 2.42. The van der Waals surface area contributed by atoms with Crippen molar-refractivity contribution in [1.82, 2.24) is 5.32 Å². The number of carbonyl (C=O) groups excluding carboxylic acids is 2. The van der Waals surface area contributed by atoms with Crippen molar-refractivity contribution in [3.8, 4) is 0 Å². The summed E-state index contributed by atoms with van der Waals surface area (Å²) in [6.07, 6.45) is 0.271. The molecule has 0 radical (unpaired) electrons. The topological polar surface area (TPSA) is 49.4 Å². The predicted molar refractivity (Wildman–Crippen MR) is 54.3 cm³/mol. The molecule has 1 aromatic rings. The lowest BCUT2D eigenvalue weighted by Crippen LogP contribution is -2.63. The van der Waals surface area contributed by atoms with Gasteiger partial charge in [-0.2, -0.15) is 0 Å². The van der Waals surface area contributed by atoms with Crippen molar-refractivity contribution in [3.05, 3.63) is 29.8 Å². The number of amides is 2. The zero-order chi connectivity index (χ0) is 10.6. The molecule has 2 aliphatic rings. The number of nitrogens with zero attached hydrogens (tertiary/aromatic N) is 1. The van der Waals surface area contributed by atoms with Crippen LogP contribution >= 0.6 is 0 Å². The normalized spacial score (nSPS) is 27.7. The quantitative estimate of drug-likeness (QED) is 0.618. The summed E-state index contributed by atoms with van der Waals surface area (Å²) in [6, 6.07) is 7.57. The fraction of sp³-hybridized carbons (Fsp3) is 0.273. The van der Waals surface area contributed by atoms with E-state index in [1.165, 1.54) is 0 Å². The second-order valence-electron chi connectivity index (χ2n) is 4.01. The molecule has 0 bridgehead atoms. The van der Waals surface area contributed by atoms with Gasteiger partial charge in [0.05, 0.1) is 6.42 Å². The molecule has 1 aromatic carbocycles. The van der Waals surface area contributed by atoms with Gasteiger partial charge in [0, 0.05) is 18.3 Å². The maximum Gasteiger partial charge on any atom is 0.257 e. The highest BCUT2D eigenvalue weighted by Crippen LogP contribution is 2.44. The van der Waals surface area contributed by atoms with Crippen LogP contribution in [-0.2, 0) is 15.1 Å². The van der Waals surface area contributed by atoms with Crippen molar-refractivity contribution in [1.29, 1.82) is 0 Å². The van der Waals surface area contributed by atoms with Gasteiger partial charge in [-0.25, -0.2) is 0 Å². The molecule has 1 spiro atoms. The molecule has 4 heteroatoms. The molecule has 15 heavy (non-hydrogen) atoms. The van der Waals surface area contributed by atoms with Crippen LogP contribution in [0.3, 0.4) is 0 Å². The lowest BCUT2D eigenvalue weighted by molar-refractivity contribution is -0.142. The van der Waals surface area contributed by atoms with Crippen LogP contribution in [0.1, 0.15) is 12.0 Å². The Balaban J connectivity index is 2.19. The van der Waals surface area contributed by atoms with E-state index >= 15 is 0 Å². The zero-order valence-electron chi connectivity index (χ0n) is 8.28. The molecule has 0 saturated carbocycles. The minimum Gasteiger partial charge on any atom is -0.337 e. The Bertz CT molecular complexity index is 473. The number of fused-ring (bicyclic) bond motifs is 2. The van der Waals surface area contributed by atoms with Crippen molar-refractivity contribution < 1.29 is 9.59 Å². The van der Waals surface area contributed by atoms with Crippen LogP contribution in [0.5, 0.6) is 0 Å². The standard InChI is InChI=1S/C11H10N2O2/c1-13-8-5-3-2-4-7(8)11(10(13)15)6-9(14)12-11/h2-5H,6H2,1H3,(H,12,14)/t11-/m1/s1. The summed E-state index contributed by atoms with van der Waals surface area (Å²) in [6.45, 7) is 0. The van der Waals surface area contributed by atoms with E-state index in [1.807, 2.05) is 24.3 Å². The van der Waals surface area contributed by atoms with Crippen LogP contribution in [0.15, 0.2) is 24.3 Å². The molecule has 1 N–H and O–H groups in total. The SMILES string of the molecule is CN1C(=O)[C@@]2(CC(=O)N2)c2ccccc21. The predicted octanol–water partition coefficient (Wildman–Crippen LogP) is 0.378. The van der Waals surface area contributed by atoms with E-state index in [0.717, 1.165) is 11.3 Å². The minimum atomic E-state index is -0.761. The fourth-order valence-corrected chi connectivity index (χ4v) is 2.39. The number of nitrogens with one attached hydrogen (secondary N) is 1. The Morgan fingerprint density at radius 3 is 2.67 bits per heavy atom. The Kier molecular flexibility index (Phi) is 1.35. The molecule has 3 rings (SSSR count). The molecule has 2 amide bonds. The monoisotopic (exact) mass is 202 g/mol. The van der Waals surface area contributed by atoms with Crippen LogP contribution in [-0.4, -0.2) is 18.9 Å². The number of para-hydroxylation sites is 1. The van der Waals surface area contributed by atoms with Crippen LogP contribution in [0.4, 0.5) is 5.69 Å². The van der Waals surface area contributed by atoms with Crippen molar-refractivity contribution in [3.63, 3.8) is 0 Å². The van der Waals surface area contributed by atoms with E-state index in [1.54, 1.807) is 11.9 Å². The first-order chi connectivity index (χ1) is 7.15. The number of rotatable bonds is 0. The molecular formula is C11H10N2O2. The molecule has 1 atom stereocenters. The zero-order valence-corrected chi connectivity index (χ0v) is 8.28. The molecule has 2 aliphatic heterocycles. The molecule has 2 heterocycles. The average molecular weight is 202 g/mol. The number of hydrogen-bond acceptors (Lipinski definition) is 2. The maximum atomic E-state index is 12.0. The van der Waals surface area contributed by atoms with Gasteiger partial charge >= 0.3 is 0 Å². The van der Waals surface area contributed by atoms with Gasteiger partial charge in [0.1, 0.15) is 0 Å². The van der Waals surface area contributed by atoms with Gasteiger partial charge in [0.25, 0.3) is 5.91 Å². The van der Waals surface area contributed by atoms with Crippen molar-refractivity contribution in [2.75, 3.05) is 11.9 Å². The molecular weight excluding hydrogens is 192 g/mol. The summed E-state index contributed by atoms with van der Waals surface area (Å²) in [7, 11) is 1.74. The van der Waals surface area contributed by atoms with Gasteiger partial charge in [0.15, 0.2) is 5.54 Å². The van der Waals surface area contributed by atoms with Crippen LogP contribution in [0.25, 0.3) is 0 Å². The van der Waals surface area contributed by atoms with Gasteiger partial charge in [-0.15, -0.1) is 0 Å². The van der Waals surface area contributed by atoms with E-state index in [4.69, 9.17) is 0 Å². The molecule has 0 unspecified atom stereocenters. The van der Waals surface area contributed by atoms with E-state index in [9.17, 15) is 9.59 Å². The van der Waals surface area contributed by atoms with Gasteiger partial charge in [-0.05, 0) is 6.07 Å². The molecule has 1 fully saturated rings. The first-order valence-electron chi connectivity index (χ1n) is 4.84. The number of hydrogen-bond donors (Lipinski definition) is 1. The van der Waals surface area contributed by atoms with Crippen molar-refractivity contribution in [2.24, 2.45) is 0 Å². The Morgan fingerprint density at radius 1 is 1.33 bits per heavy atom. The first-order valence-corrected chi connectivity index (χ1v) is 4.84. The van der Waals surface area contributed by atoms with E-state index < -0.39 is 5.54 Å². The van der Waals surface area contributed by atoms with Gasteiger partial charge < -0.3 is 10.2 Å². The lowest BCUT2D eigenvalue weighted by atomic mass is 9.81. The maximum absolute atomic E-state index is 12.0. The van der Waals surface area contributed by atoms with Crippen LogP contribution in [0, 0.1) is 0 Å². The van der Waals surface area contributed by atoms with Crippen LogP contribution in [0.2, 0.25) is 0 Å². The molecule has 76 valence electrons. The molecule has 1 saturated heterocycles. The highest BCUT2D eigenvalue weighted by molar-refractivity contribution is 6.14. The number of carbonyl (C=O) groups is 2. The summed E-state index contributed by atoms with van der Waals surface area (Å²) in [5.74, 6) is -0.100. The summed E-state index contributed by atoms with van der Waals surface area (Å²) in [4.78, 5) is 24.7. The van der Waals surface area contributed by atoms with Crippen LogP contribution < -0.4 is 10.2 Å². The van der Waals surface area contributed by atoms with Gasteiger partial charge in [-0.3, -0.25) is 9.59 Å². The largest absolute Gasteiger partial charge is 0.337 e. The first kappa shape index (κ1) is 8.47. The molecule has 0 aliphatic carbocycles. The molecule has 0 aromatic heterocycles.